The summed E-state index contributed by atoms with van der Waals surface area (Å²) in [6.07, 6.45) is -0.0964. The molecule has 1 atom stereocenters. The molecule has 1 unspecified atom stereocenters. The second-order valence-corrected chi connectivity index (χ2v) is 4.49. The van der Waals surface area contributed by atoms with Crippen LogP contribution in [0.15, 0.2) is 12.1 Å². The molecule has 0 spiro atoms. The molecule has 1 saturated heterocycles. The van der Waals surface area contributed by atoms with Gasteiger partial charge in [-0.3, -0.25) is 0 Å². The molecule has 0 amide bonds. The number of carbonyl (C=O) groups excluding carboxylic acids is 1. The number of cyclic esters (lactones) is 1. The average Bonchev–Trinajstić information content (AvgIpc) is 2.68. The highest BCUT2D eigenvalue weighted by molar-refractivity contribution is 6.35. The van der Waals surface area contributed by atoms with Crippen molar-refractivity contribution in [3.8, 4) is 5.75 Å². The van der Waals surface area contributed by atoms with E-state index in [1.807, 2.05) is 0 Å². The first-order valence-corrected chi connectivity index (χ1v) is 5.88. The molecule has 1 aromatic carbocycles. The van der Waals surface area contributed by atoms with E-state index in [0.29, 0.717) is 34.4 Å². The lowest BCUT2D eigenvalue weighted by molar-refractivity contribution is -0.143. The monoisotopic (exact) mass is 275 g/mol. The number of ether oxygens (including phenoxy) is 2. The van der Waals surface area contributed by atoms with Gasteiger partial charge in [-0.05, 0) is 12.1 Å². The topological polar surface area (TPSA) is 61.6 Å². The maximum atomic E-state index is 11.3. The van der Waals surface area contributed by atoms with Gasteiger partial charge >= 0.3 is 5.97 Å². The zero-order chi connectivity index (χ0) is 12.4. The van der Waals surface area contributed by atoms with Gasteiger partial charge in [-0.25, -0.2) is 4.79 Å². The molecular weight excluding hydrogens is 265 g/mol. The van der Waals surface area contributed by atoms with Crippen LogP contribution in [0.1, 0.15) is 12.0 Å². The van der Waals surface area contributed by atoms with Crippen LogP contribution in [0.25, 0.3) is 0 Å². The Labute approximate surface area is 109 Å². The van der Waals surface area contributed by atoms with E-state index in [-0.39, 0.29) is 12.5 Å². The Hall–Kier alpha value is -0.970. The minimum Gasteiger partial charge on any atom is -0.477 e. The van der Waals surface area contributed by atoms with Gasteiger partial charge < -0.3 is 15.2 Å². The molecule has 1 aromatic rings. The van der Waals surface area contributed by atoms with Crippen LogP contribution in [0.4, 0.5) is 0 Å². The molecule has 0 bridgehead atoms. The fraction of sp³-hybridized carbons (Fsp3) is 0.364. The first kappa shape index (κ1) is 12.5. The highest BCUT2D eigenvalue weighted by Gasteiger charge is 2.29. The Morgan fingerprint density at radius 1 is 1.47 bits per heavy atom. The number of nitrogens with two attached hydrogens (primary N) is 1. The summed E-state index contributed by atoms with van der Waals surface area (Å²) in [5, 5.41) is 0.828. The van der Waals surface area contributed by atoms with E-state index in [1.54, 1.807) is 12.1 Å². The molecule has 1 aliphatic rings. The predicted octanol–water partition coefficient (Wildman–Crippen LogP) is 2.15. The number of hydrogen-bond acceptors (Lipinski definition) is 4. The van der Waals surface area contributed by atoms with Gasteiger partial charge in [0.1, 0.15) is 5.75 Å². The van der Waals surface area contributed by atoms with Gasteiger partial charge in [0.15, 0.2) is 6.10 Å². The van der Waals surface area contributed by atoms with Crippen molar-refractivity contribution in [3.63, 3.8) is 0 Å². The smallest absolute Gasteiger partial charge is 0.347 e. The Balaban J connectivity index is 2.28. The van der Waals surface area contributed by atoms with Gasteiger partial charge in [0.2, 0.25) is 0 Å². The molecule has 0 aliphatic carbocycles. The third kappa shape index (κ3) is 2.65. The van der Waals surface area contributed by atoms with Crippen LogP contribution in [0.3, 0.4) is 0 Å². The highest BCUT2D eigenvalue weighted by atomic mass is 35.5. The van der Waals surface area contributed by atoms with Gasteiger partial charge in [-0.15, -0.1) is 0 Å². The Kier molecular flexibility index (Phi) is 3.76. The maximum Gasteiger partial charge on any atom is 0.347 e. The Bertz CT molecular complexity index is 451. The number of hydrogen-bond donors (Lipinski definition) is 1. The highest BCUT2D eigenvalue weighted by Crippen LogP contribution is 2.33. The minimum absolute atomic E-state index is 0.234. The summed E-state index contributed by atoms with van der Waals surface area (Å²) in [6, 6.07) is 3.22. The lowest BCUT2D eigenvalue weighted by Gasteiger charge is -2.15. The van der Waals surface area contributed by atoms with Gasteiger partial charge in [0.05, 0.1) is 11.6 Å². The van der Waals surface area contributed by atoms with Crippen molar-refractivity contribution in [2.75, 3.05) is 6.61 Å². The Morgan fingerprint density at radius 3 is 2.82 bits per heavy atom. The first-order valence-electron chi connectivity index (χ1n) is 5.13. The minimum atomic E-state index is -0.612. The van der Waals surface area contributed by atoms with Crippen molar-refractivity contribution < 1.29 is 14.3 Å². The molecule has 2 rings (SSSR count). The van der Waals surface area contributed by atoms with Gasteiger partial charge in [0, 0.05) is 23.6 Å². The van der Waals surface area contributed by atoms with Gasteiger partial charge in [0.25, 0.3) is 0 Å². The van der Waals surface area contributed by atoms with Crippen molar-refractivity contribution in [1.29, 1.82) is 0 Å². The van der Waals surface area contributed by atoms with Crippen molar-refractivity contribution in [2.24, 2.45) is 5.73 Å². The van der Waals surface area contributed by atoms with Crippen molar-refractivity contribution in [2.45, 2.75) is 19.1 Å². The molecule has 0 radical (unpaired) electrons. The SMILES string of the molecule is NCc1cc(Cl)cc(Cl)c1OC1CCOC1=O. The van der Waals surface area contributed by atoms with Gasteiger partial charge in [-0.2, -0.15) is 0 Å². The molecule has 4 nitrogen and oxygen atoms in total. The molecule has 92 valence electrons. The normalized spacial score (nSPS) is 19.2. The number of carbonyl (C=O) groups is 1. The molecule has 6 heteroatoms. The van der Waals surface area contributed by atoms with Crippen LogP contribution < -0.4 is 10.5 Å². The summed E-state index contributed by atoms with van der Waals surface area (Å²) in [4.78, 5) is 11.3. The van der Waals surface area contributed by atoms with E-state index in [2.05, 4.69) is 0 Å². The zero-order valence-electron chi connectivity index (χ0n) is 8.91. The predicted molar refractivity (Wildman–Crippen MR) is 64.3 cm³/mol. The summed E-state index contributed by atoms with van der Waals surface area (Å²) in [5.74, 6) is 0.0291. The van der Waals surface area contributed by atoms with Crippen LogP contribution in [0.2, 0.25) is 10.0 Å². The third-order valence-electron chi connectivity index (χ3n) is 2.45. The summed E-state index contributed by atoms with van der Waals surface area (Å²) < 4.78 is 10.4. The summed E-state index contributed by atoms with van der Waals surface area (Å²) >= 11 is 11.9. The lowest BCUT2D eigenvalue weighted by Crippen LogP contribution is -2.22. The molecule has 2 N–H and O–H groups in total. The lowest BCUT2D eigenvalue weighted by atomic mass is 10.2. The maximum absolute atomic E-state index is 11.3. The fourth-order valence-corrected chi connectivity index (χ4v) is 2.20. The largest absolute Gasteiger partial charge is 0.477 e. The van der Waals surface area contributed by atoms with Crippen molar-refractivity contribution >= 4 is 29.2 Å². The molecule has 0 aromatic heterocycles. The van der Waals surface area contributed by atoms with Crippen molar-refractivity contribution in [3.05, 3.63) is 27.7 Å². The zero-order valence-corrected chi connectivity index (χ0v) is 10.4. The average molecular weight is 276 g/mol. The van der Waals surface area contributed by atoms with Gasteiger partial charge in [-0.1, -0.05) is 23.2 Å². The van der Waals surface area contributed by atoms with E-state index < -0.39 is 6.10 Å². The van der Waals surface area contributed by atoms with E-state index in [4.69, 9.17) is 38.4 Å². The number of halogens is 2. The summed E-state index contributed by atoms with van der Waals surface area (Å²) in [6.45, 7) is 0.601. The third-order valence-corrected chi connectivity index (χ3v) is 2.95. The number of esters is 1. The molecule has 1 heterocycles. The van der Waals surface area contributed by atoms with Crippen LogP contribution >= 0.6 is 23.2 Å². The molecule has 17 heavy (non-hydrogen) atoms. The number of rotatable bonds is 3. The van der Waals surface area contributed by atoms with Crippen LogP contribution in [0, 0.1) is 0 Å². The molecule has 1 aliphatic heterocycles. The van der Waals surface area contributed by atoms with E-state index in [1.165, 1.54) is 0 Å². The van der Waals surface area contributed by atoms with E-state index >= 15 is 0 Å². The van der Waals surface area contributed by atoms with Crippen molar-refractivity contribution in [1.82, 2.24) is 0 Å². The fourth-order valence-electron chi connectivity index (χ4n) is 1.62. The quantitative estimate of drug-likeness (QED) is 0.859. The molecule has 1 fully saturated rings. The second-order valence-electron chi connectivity index (χ2n) is 3.64. The molecular formula is C11H11Cl2NO3. The first-order chi connectivity index (χ1) is 8.11. The molecule has 0 saturated carbocycles. The van der Waals surface area contributed by atoms with Crippen LogP contribution in [-0.4, -0.2) is 18.7 Å². The summed E-state index contributed by atoms with van der Waals surface area (Å²) in [5.41, 5.74) is 6.25. The van der Waals surface area contributed by atoms with Crippen LogP contribution in [-0.2, 0) is 16.1 Å². The van der Waals surface area contributed by atoms with Crippen LogP contribution in [0.5, 0.6) is 5.75 Å². The second kappa shape index (κ2) is 5.12. The summed E-state index contributed by atoms with van der Waals surface area (Å²) in [7, 11) is 0. The van der Waals surface area contributed by atoms with E-state index in [9.17, 15) is 4.79 Å². The standard InChI is InChI=1S/C11H11Cl2NO3/c12-7-3-6(5-14)10(8(13)4-7)17-9-1-2-16-11(9)15/h3-4,9H,1-2,5,14H2. The number of benzene rings is 1. The van der Waals surface area contributed by atoms with E-state index in [0.717, 1.165) is 0 Å². The Morgan fingerprint density at radius 2 is 2.24 bits per heavy atom.